The van der Waals surface area contributed by atoms with Gasteiger partial charge in [0.15, 0.2) is 5.16 Å². The molecule has 5 heteroatoms. The van der Waals surface area contributed by atoms with Gasteiger partial charge in [0.05, 0.1) is 7.11 Å². The van der Waals surface area contributed by atoms with Gasteiger partial charge in [-0.3, -0.25) is 0 Å². The first-order valence-corrected chi connectivity index (χ1v) is 5.76. The second-order valence-electron chi connectivity index (χ2n) is 1.94. The third-order valence-electron chi connectivity index (χ3n) is 1.26. The fourth-order valence-corrected chi connectivity index (χ4v) is 1.51. The lowest BCUT2D eigenvalue weighted by molar-refractivity contribution is 0.390. The minimum absolute atomic E-state index is 0.624. The third kappa shape index (κ3) is 2.28. The first kappa shape index (κ1) is 9.67. The largest absolute Gasteiger partial charge is 0.481 e. The van der Waals surface area contributed by atoms with E-state index in [2.05, 4.69) is 9.97 Å². The van der Waals surface area contributed by atoms with Gasteiger partial charge in [0.25, 0.3) is 0 Å². The van der Waals surface area contributed by atoms with Crippen LogP contribution in [0.1, 0.15) is 0 Å². The fraction of sp³-hybridized carbons (Fsp3) is 0.429. The summed E-state index contributed by atoms with van der Waals surface area (Å²) in [5.74, 6) is 0.624. The highest BCUT2D eigenvalue weighted by Gasteiger charge is 2.02. The second-order valence-corrected chi connectivity index (χ2v) is 3.54. The lowest BCUT2D eigenvalue weighted by Crippen LogP contribution is -1.93. The van der Waals surface area contributed by atoms with E-state index in [1.165, 1.54) is 11.8 Å². The van der Waals surface area contributed by atoms with Crippen LogP contribution >= 0.6 is 23.5 Å². The molecule has 0 atom stereocenters. The normalized spacial score (nSPS) is 9.92. The number of nitrogens with zero attached hydrogens (tertiary/aromatic N) is 2. The number of hydrogen-bond donors (Lipinski definition) is 0. The summed E-state index contributed by atoms with van der Waals surface area (Å²) < 4.78 is 5.02. The number of rotatable bonds is 3. The van der Waals surface area contributed by atoms with Gasteiger partial charge in [0, 0.05) is 6.07 Å². The van der Waals surface area contributed by atoms with Crippen molar-refractivity contribution in [3.8, 4) is 5.88 Å². The molecule has 0 fully saturated rings. The van der Waals surface area contributed by atoms with Crippen molar-refractivity contribution in [2.24, 2.45) is 0 Å². The Hall–Kier alpha value is -0.420. The van der Waals surface area contributed by atoms with Gasteiger partial charge >= 0.3 is 0 Å². The molecule has 66 valence electrons. The summed E-state index contributed by atoms with van der Waals surface area (Å²) in [5.41, 5.74) is 0. The minimum Gasteiger partial charge on any atom is -0.481 e. The standard InChI is InChI=1S/C7H10N2OS2/c1-10-5-4-6(11-2)9-7(8-5)12-3/h4H,1-3H3. The van der Waals surface area contributed by atoms with Crippen molar-refractivity contribution in [1.82, 2.24) is 9.97 Å². The van der Waals surface area contributed by atoms with Crippen LogP contribution in [0, 0.1) is 0 Å². The van der Waals surface area contributed by atoms with Gasteiger partial charge in [0.2, 0.25) is 5.88 Å². The molecule has 0 unspecified atom stereocenters. The Bertz CT molecular complexity index is 212. The summed E-state index contributed by atoms with van der Waals surface area (Å²) in [6.07, 6.45) is 3.92. The smallest absolute Gasteiger partial charge is 0.218 e. The van der Waals surface area contributed by atoms with E-state index in [1.807, 2.05) is 18.6 Å². The summed E-state index contributed by atoms with van der Waals surface area (Å²) in [6.45, 7) is 0. The average Bonchev–Trinajstić information content (AvgIpc) is 2.16. The molecule has 0 aliphatic rings. The van der Waals surface area contributed by atoms with Crippen molar-refractivity contribution in [3.63, 3.8) is 0 Å². The number of ether oxygens (including phenoxy) is 1. The molecule has 0 bridgehead atoms. The first-order chi connectivity index (χ1) is 5.80. The SMILES string of the molecule is COc1cc(SC)nc(SC)n1. The summed E-state index contributed by atoms with van der Waals surface area (Å²) in [7, 11) is 1.61. The van der Waals surface area contributed by atoms with Gasteiger partial charge in [-0.05, 0) is 12.5 Å². The molecule has 0 radical (unpaired) electrons. The topological polar surface area (TPSA) is 35.0 Å². The molecule has 0 N–H and O–H groups in total. The zero-order chi connectivity index (χ0) is 8.97. The molecule has 0 amide bonds. The lowest BCUT2D eigenvalue weighted by atomic mass is 10.6. The van der Waals surface area contributed by atoms with Crippen LogP contribution in [-0.4, -0.2) is 29.6 Å². The van der Waals surface area contributed by atoms with Gasteiger partial charge in [-0.1, -0.05) is 11.8 Å². The van der Waals surface area contributed by atoms with E-state index < -0.39 is 0 Å². The molecule has 1 rings (SSSR count). The van der Waals surface area contributed by atoms with E-state index in [-0.39, 0.29) is 0 Å². The minimum atomic E-state index is 0.624. The van der Waals surface area contributed by atoms with Crippen LogP contribution in [0.4, 0.5) is 0 Å². The molecule has 1 aromatic rings. The van der Waals surface area contributed by atoms with Crippen LogP contribution in [0.25, 0.3) is 0 Å². The van der Waals surface area contributed by atoms with E-state index in [0.717, 1.165) is 10.2 Å². The maximum absolute atomic E-state index is 5.02. The number of thioether (sulfide) groups is 2. The molecule has 1 aromatic heterocycles. The van der Waals surface area contributed by atoms with Crippen LogP contribution in [0.15, 0.2) is 16.2 Å². The predicted octanol–water partition coefficient (Wildman–Crippen LogP) is 1.93. The van der Waals surface area contributed by atoms with Crippen molar-refractivity contribution < 1.29 is 4.74 Å². The van der Waals surface area contributed by atoms with Crippen molar-refractivity contribution in [2.45, 2.75) is 10.2 Å². The molecule has 3 nitrogen and oxygen atoms in total. The highest BCUT2D eigenvalue weighted by atomic mass is 32.2. The first-order valence-electron chi connectivity index (χ1n) is 3.31. The van der Waals surface area contributed by atoms with E-state index in [4.69, 9.17) is 4.74 Å². The van der Waals surface area contributed by atoms with Gasteiger partial charge in [-0.2, -0.15) is 4.98 Å². The Morgan fingerprint density at radius 2 is 2.00 bits per heavy atom. The zero-order valence-corrected chi connectivity index (χ0v) is 8.83. The molecule has 0 saturated carbocycles. The fourth-order valence-electron chi connectivity index (χ4n) is 0.684. The number of methoxy groups -OCH3 is 1. The van der Waals surface area contributed by atoms with Gasteiger partial charge < -0.3 is 4.74 Å². The Kier molecular flexibility index (Phi) is 3.68. The molecular formula is C7H10N2OS2. The zero-order valence-electron chi connectivity index (χ0n) is 7.20. The Morgan fingerprint density at radius 1 is 1.25 bits per heavy atom. The van der Waals surface area contributed by atoms with E-state index in [9.17, 15) is 0 Å². The molecule has 12 heavy (non-hydrogen) atoms. The van der Waals surface area contributed by atoms with Gasteiger partial charge in [-0.25, -0.2) is 4.98 Å². The Morgan fingerprint density at radius 3 is 2.50 bits per heavy atom. The monoisotopic (exact) mass is 202 g/mol. The number of aromatic nitrogens is 2. The number of hydrogen-bond acceptors (Lipinski definition) is 5. The summed E-state index contributed by atoms with van der Waals surface area (Å²) in [6, 6.07) is 1.82. The highest BCUT2D eigenvalue weighted by molar-refractivity contribution is 7.99. The van der Waals surface area contributed by atoms with Gasteiger partial charge in [0.1, 0.15) is 5.03 Å². The van der Waals surface area contributed by atoms with Crippen LogP contribution in [-0.2, 0) is 0 Å². The van der Waals surface area contributed by atoms with E-state index in [1.54, 1.807) is 18.9 Å². The van der Waals surface area contributed by atoms with Crippen molar-refractivity contribution in [1.29, 1.82) is 0 Å². The van der Waals surface area contributed by atoms with Crippen molar-refractivity contribution in [3.05, 3.63) is 6.07 Å². The maximum atomic E-state index is 5.02. The maximum Gasteiger partial charge on any atom is 0.218 e. The highest BCUT2D eigenvalue weighted by Crippen LogP contribution is 2.20. The molecule has 0 spiro atoms. The Labute approximate surface area is 80.3 Å². The molecule has 0 saturated heterocycles. The van der Waals surface area contributed by atoms with Crippen LogP contribution in [0.5, 0.6) is 5.88 Å². The van der Waals surface area contributed by atoms with Crippen molar-refractivity contribution in [2.75, 3.05) is 19.6 Å². The lowest BCUT2D eigenvalue weighted by Gasteiger charge is -2.02. The predicted molar refractivity (Wildman–Crippen MR) is 52.1 cm³/mol. The third-order valence-corrected chi connectivity index (χ3v) is 2.43. The summed E-state index contributed by atoms with van der Waals surface area (Å²) in [4.78, 5) is 8.39. The molecule has 0 aromatic carbocycles. The van der Waals surface area contributed by atoms with Crippen LogP contribution in [0.2, 0.25) is 0 Å². The Balaban J connectivity index is 3.01. The average molecular weight is 202 g/mol. The molecular weight excluding hydrogens is 192 g/mol. The van der Waals surface area contributed by atoms with Crippen LogP contribution < -0.4 is 4.74 Å². The second kappa shape index (κ2) is 4.57. The van der Waals surface area contributed by atoms with Crippen LogP contribution in [0.3, 0.4) is 0 Å². The summed E-state index contributed by atoms with van der Waals surface area (Å²) >= 11 is 3.10. The van der Waals surface area contributed by atoms with Crippen molar-refractivity contribution >= 4 is 23.5 Å². The molecule has 1 heterocycles. The van der Waals surface area contributed by atoms with Gasteiger partial charge in [-0.15, -0.1) is 11.8 Å². The summed E-state index contributed by atoms with van der Waals surface area (Å²) in [5, 5.41) is 1.69. The van der Waals surface area contributed by atoms with E-state index >= 15 is 0 Å². The quantitative estimate of drug-likeness (QED) is 0.425. The van der Waals surface area contributed by atoms with E-state index in [0.29, 0.717) is 5.88 Å². The molecule has 0 aliphatic heterocycles. The molecule has 0 aliphatic carbocycles.